The molecule has 0 bridgehead atoms. The number of halogens is 1. The van der Waals surface area contributed by atoms with E-state index < -0.39 is 17.6 Å². The van der Waals surface area contributed by atoms with Crippen LogP contribution in [0.25, 0.3) is 0 Å². The van der Waals surface area contributed by atoms with Crippen molar-refractivity contribution in [2.75, 3.05) is 18.4 Å². The number of carbonyl (C=O) groups excluding carboxylic acids is 3. The number of anilines is 1. The lowest BCUT2D eigenvalue weighted by molar-refractivity contribution is -0.115. The predicted octanol–water partition coefficient (Wildman–Crippen LogP) is 3.92. The zero-order valence-corrected chi connectivity index (χ0v) is 20.4. The Balaban J connectivity index is 1.56. The van der Waals surface area contributed by atoms with Crippen molar-refractivity contribution in [3.63, 3.8) is 0 Å². The van der Waals surface area contributed by atoms with Gasteiger partial charge in [0.05, 0.1) is 11.8 Å². The molecule has 0 radical (unpaired) electrons. The number of hydrogen-bond acceptors (Lipinski definition) is 6. The first-order chi connectivity index (χ1) is 16.0. The summed E-state index contributed by atoms with van der Waals surface area (Å²) in [4.78, 5) is 43.3. The lowest BCUT2D eigenvalue weighted by Crippen LogP contribution is -2.50. The normalized spacial score (nSPS) is 20.6. The molecule has 0 spiro atoms. The van der Waals surface area contributed by atoms with Crippen LogP contribution >= 0.6 is 11.6 Å². The molecule has 3 rings (SSSR count). The molecule has 2 unspecified atom stereocenters. The molecule has 3 amide bonds. The minimum absolute atomic E-state index is 0.00812. The number of likely N-dealkylation sites (tertiary alicyclic amines) is 1. The average Bonchev–Trinajstić information content (AvgIpc) is 2.75. The van der Waals surface area contributed by atoms with Crippen LogP contribution in [-0.2, 0) is 9.53 Å². The highest BCUT2D eigenvalue weighted by molar-refractivity contribution is 6.22. The first-order valence-corrected chi connectivity index (χ1v) is 11.7. The van der Waals surface area contributed by atoms with Gasteiger partial charge in [-0.15, -0.1) is 11.6 Å². The Bertz CT molecular complexity index is 1000. The molecule has 9 nitrogen and oxygen atoms in total. The van der Waals surface area contributed by atoms with Gasteiger partial charge in [-0.05, 0) is 63.8 Å². The third kappa shape index (κ3) is 7.48. The fraction of sp³-hybridized carbons (Fsp3) is 0.500. The molecule has 0 saturated carbocycles. The molecule has 2 heterocycles. The maximum absolute atomic E-state index is 12.8. The molecule has 1 aromatic rings. The molecule has 3 N–H and O–H groups in total. The Hall–Kier alpha value is -3.07. The van der Waals surface area contributed by atoms with Gasteiger partial charge < -0.3 is 25.4 Å². The van der Waals surface area contributed by atoms with E-state index in [-0.39, 0.29) is 35.2 Å². The molecule has 1 fully saturated rings. The molecule has 2 aliphatic rings. The number of carbonyl (C=O) groups is 3. The summed E-state index contributed by atoms with van der Waals surface area (Å²) in [7, 11) is 0. The molecule has 2 atom stereocenters. The summed E-state index contributed by atoms with van der Waals surface area (Å²) in [6.07, 6.45) is 6.07. The third-order valence-electron chi connectivity index (χ3n) is 5.33. The second-order valence-electron chi connectivity index (χ2n) is 9.46. The average molecular weight is 491 g/mol. The van der Waals surface area contributed by atoms with Gasteiger partial charge in [0, 0.05) is 31.0 Å². The van der Waals surface area contributed by atoms with Gasteiger partial charge in [-0.2, -0.15) is 0 Å². The number of alkyl halides is 1. The highest BCUT2D eigenvalue weighted by Crippen LogP contribution is 2.24. The zero-order valence-electron chi connectivity index (χ0n) is 19.6. The second-order valence-corrected chi connectivity index (χ2v) is 10.0. The number of aliphatic hydroxyl groups excluding tert-OH is 1. The summed E-state index contributed by atoms with van der Waals surface area (Å²) in [5.74, 6) is -0.678. The van der Waals surface area contributed by atoms with Crippen molar-refractivity contribution in [2.24, 2.45) is 0 Å². The number of piperidine rings is 1. The van der Waals surface area contributed by atoms with Crippen molar-refractivity contribution in [1.29, 1.82) is 0 Å². The van der Waals surface area contributed by atoms with E-state index in [9.17, 15) is 19.5 Å². The van der Waals surface area contributed by atoms with Crippen LogP contribution in [0.2, 0.25) is 0 Å². The summed E-state index contributed by atoms with van der Waals surface area (Å²) < 4.78 is 5.43. The van der Waals surface area contributed by atoms with Crippen LogP contribution in [0, 0.1) is 0 Å². The Labute approximate surface area is 204 Å². The third-order valence-corrected chi connectivity index (χ3v) is 5.62. The molecule has 10 heteroatoms. The number of aromatic nitrogens is 1. The lowest BCUT2D eigenvalue weighted by atomic mass is 10.00. The first-order valence-electron chi connectivity index (χ1n) is 11.3. The Morgan fingerprint density at radius 1 is 1.32 bits per heavy atom. The number of amides is 3. The van der Waals surface area contributed by atoms with Crippen molar-refractivity contribution in [1.82, 2.24) is 15.2 Å². The minimum atomic E-state index is -0.587. The Morgan fingerprint density at radius 2 is 2.09 bits per heavy atom. The highest BCUT2D eigenvalue weighted by atomic mass is 35.5. The van der Waals surface area contributed by atoms with E-state index in [1.807, 2.05) is 20.8 Å². The van der Waals surface area contributed by atoms with Crippen LogP contribution in [0.4, 0.5) is 10.5 Å². The van der Waals surface area contributed by atoms with Crippen molar-refractivity contribution < 1.29 is 24.2 Å². The number of rotatable bonds is 5. The highest BCUT2D eigenvalue weighted by Gasteiger charge is 2.28. The molecule has 1 aliphatic carbocycles. The lowest BCUT2D eigenvalue weighted by Gasteiger charge is -2.34. The van der Waals surface area contributed by atoms with Gasteiger partial charge in [-0.3, -0.25) is 14.6 Å². The molecule has 184 valence electrons. The number of ether oxygens (including phenoxy) is 1. The van der Waals surface area contributed by atoms with E-state index in [2.05, 4.69) is 15.6 Å². The monoisotopic (exact) mass is 490 g/mol. The van der Waals surface area contributed by atoms with Crippen LogP contribution in [0.3, 0.4) is 0 Å². The van der Waals surface area contributed by atoms with E-state index >= 15 is 0 Å². The molecular weight excluding hydrogens is 460 g/mol. The second kappa shape index (κ2) is 10.9. The van der Waals surface area contributed by atoms with Crippen LogP contribution in [-0.4, -0.2) is 63.0 Å². The van der Waals surface area contributed by atoms with E-state index in [4.69, 9.17) is 16.3 Å². The zero-order chi connectivity index (χ0) is 24.9. The molecule has 1 saturated heterocycles. The minimum Gasteiger partial charge on any atom is -0.508 e. The standard InChI is InChI=1S/C24H31ClN4O5/c1-24(2,3)34-23(33)29-10-4-5-18(14-29)28-22(32)19-13-17(8-9-26-19)27-21(31)12-15-11-16(25)6-7-20(15)30/h6-9,13,16,18,30H,4-5,10-12,14H2,1-3H3,(H,28,32)(H,26,27,31). The number of pyridine rings is 1. The number of allylic oxidation sites excluding steroid dienone is 2. The Morgan fingerprint density at radius 3 is 2.82 bits per heavy atom. The van der Waals surface area contributed by atoms with Gasteiger partial charge in [0.1, 0.15) is 17.1 Å². The molecule has 0 aromatic carbocycles. The summed E-state index contributed by atoms with van der Waals surface area (Å²) in [5, 5.41) is 15.3. The summed E-state index contributed by atoms with van der Waals surface area (Å²) in [6, 6.07) is 2.84. The summed E-state index contributed by atoms with van der Waals surface area (Å²) in [6.45, 7) is 6.36. The number of aliphatic hydroxyl groups is 1. The van der Waals surface area contributed by atoms with Crippen LogP contribution in [0.15, 0.2) is 41.8 Å². The van der Waals surface area contributed by atoms with Gasteiger partial charge in [-0.25, -0.2) is 4.79 Å². The van der Waals surface area contributed by atoms with Crippen molar-refractivity contribution in [2.45, 2.75) is 63.5 Å². The summed E-state index contributed by atoms with van der Waals surface area (Å²) >= 11 is 6.07. The van der Waals surface area contributed by atoms with Crippen LogP contribution in [0.1, 0.15) is 56.9 Å². The van der Waals surface area contributed by atoms with E-state index in [1.165, 1.54) is 18.3 Å². The summed E-state index contributed by atoms with van der Waals surface area (Å²) in [5.41, 5.74) is 0.532. The SMILES string of the molecule is CC(C)(C)OC(=O)N1CCCC(NC(=O)c2cc(NC(=O)CC3=C(O)C=CC(Cl)C3)ccn2)C1. The van der Waals surface area contributed by atoms with E-state index in [0.29, 0.717) is 30.8 Å². The molecular formula is C24H31ClN4O5. The van der Waals surface area contributed by atoms with Crippen molar-refractivity contribution >= 4 is 35.2 Å². The van der Waals surface area contributed by atoms with Gasteiger partial charge in [-0.1, -0.05) is 6.08 Å². The molecule has 1 aliphatic heterocycles. The Kier molecular flexibility index (Phi) is 8.19. The maximum atomic E-state index is 12.8. The first kappa shape index (κ1) is 25.6. The van der Waals surface area contributed by atoms with E-state index in [0.717, 1.165) is 12.8 Å². The quantitative estimate of drug-likeness (QED) is 0.538. The van der Waals surface area contributed by atoms with Crippen molar-refractivity contribution in [3.8, 4) is 0 Å². The maximum Gasteiger partial charge on any atom is 0.410 e. The fourth-order valence-corrected chi connectivity index (χ4v) is 4.02. The largest absolute Gasteiger partial charge is 0.508 e. The van der Waals surface area contributed by atoms with Gasteiger partial charge in [0.25, 0.3) is 5.91 Å². The smallest absolute Gasteiger partial charge is 0.410 e. The number of hydrogen-bond donors (Lipinski definition) is 3. The number of nitrogens with zero attached hydrogens (tertiary/aromatic N) is 2. The van der Waals surface area contributed by atoms with E-state index in [1.54, 1.807) is 17.0 Å². The van der Waals surface area contributed by atoms with Gasteiger partial charge >= 0.3 is 6.09 Å². The van der Waals surface area contributed by atoms with Crippen LogP contribution in [0.5, 0.6) is 0 Å². The fourth-order valence-electron chi connectivity index (χ4n) is 3.76. The number of nitrogens with one attached hydrogen (secondary N) is 2. The van der Waals surface area contributed by atoms with Crippen molar-refractivity contribution in [3.05, 3.63) is 47.5 Å². The van der Waals surface area contributed by atoms with Gasteiger partial charge in [0.2, 0.25) is 5.91 Å². The predicted molar refractivity (Wildman–Crippen MR) is 129 cm³/mol. The molecule has 34 heavy (non-hydrogen) atoms. The topological polar surface area (TPSA) is 121 Å². The van der Waals surface area contributed by atoms with Gasteiger partial charge in [0.15, 0.2) is 0 Å². The molecule has 1 aromatic heterocycles. The van der Waals surface area contributed by atoms with Crippen LogP contribution < -0.4 is 10.6 Å².